The van der Waals surface area contributed by atoms with Crippen molar-refractivity contribution in [3.63, 3.8) is 0 Å². The summed E-state index contributed by atoms with van der Waals surface area (Å²) in [4.78, 5) is 2.63. The van der Waals surface area contributed by atoms with Crippen LogP contribution in [-0.4, -0.2) is 49.8 Å². The van der Waals surface area contributed by atoms with E-state index in [1.165, 1.54) is 45.4 Å². The molecule has 3 atom stereocenters. The maximum Gasteiger partial charge on any atom is 0.0613 e. The number of ether oxygens (including phenoxy) is 1. The van der Waals surface area contributed by atoms with Crippen molar-refractivity contribution >= 4 is 0 Å². The maximum atomic E-state index is 5.77. The molecule has 0 aromatic rings. The van der Waals surface area contributed by atoms with E-state index < -0.39 is 0 Å². The van der Waals surface area contributed by atoms with Gasteiger partial charge in [-0.25, -0.2) is 0 Å². The summed E-state index contributed by atoms with van der Waals surface area (Å²) in [6.07, 6.45) is 4.24. The summed E-state index contributed by atoms with van der Waals surface area (Å²) in [5, 5.41) is 3.55. The Bertz CT molecular complexity index is 210. The quantitative estimate of drug-likeness (QED) is 0.789. The first-order chi connectivity index (χ1) is 7.79. The Labute approximate surface area is 99.5 Å². The number of rotatable bonds is 3. The molecule has 1 N–H and O–H groups in total. The van der Waals surface area contributed by atoms with Crippen molar-refractivity contribution in [3.8, 4) is 0 Å². The summed E-state index contributed by atoms with van der Waals surface area (Å²) in [7, 11) is 0. The fourth-order valence-electron chi connectivity index (χ4n) is 3.04. The molecule has 2 saturated heterocycles. The van der Waals surface area contributed by atoms with Crippen LogP contribution < -0.4 is 5.32 Å². The molecule has 2 aliphatic rings. The Hall–Kier alpha value is -0.120. The van der Waals surface area contributed by atoms with E-state index in [0.29, 0.717) is 12.1 Å². The molecule has 0 saturated carbocycles. The largest absolute Gasteiger partial charge is 0.378 e. The van der Waals surface area contributed by atoms with Gasteiger partial charge in [0, 0.05) is 25.7 Å². The van der Waals surface area contributed by atoms with Gasteiger partial charge in [0.15, 0.2) is 0 Å². The second-order valence-corrected chi connectivity index (χ2v) is 5.33. The van der Waals surface area contributed by atoms with Crippen molar-refractivity contribution in [3.05, 3.63) is 0 Å². The van der Waals surface area contributed by atoms with Gasteiger partial charge in [-0.2, -0.15) is 0 Å². The van der Waals surface area contributed by atoms with Crippen molar-refractivity contribution in [2.45, 2.75) is 45.3 Å². The third-order valence-corrected chi connectivity index (χ3v) is 3.92. The van der Waals surface area contributed by atoms with E-state index in [1.807, 2.05) is 0 Å². The molecule has 2 heterocycles. The molecule has 0 aromatic carbocycles. The second kappa shape index (κ2) is 5.99. The molecule has 3 nitrogen and oxygen atoms in total. The zero-order chi connectivity index (χ0) is 11.4. The van der Waals surface area contributed by atoms with E-state index in [4.69, 9.17) is 4.74 Å². The molecular formula is C13H26N2O. The highest BCUT2D eigenvalue weighted by molar-refractivity contribution is 4.81. The van der Waals surface area contributed by atoms with Crippen LogP contribution in [0.1, 0.15) is 33.1 Å². The van der Waals surface area contributed by atoms with Crippen LogP contribution >= 0.6 is 0 Å². The minimum atomic E-state index is 0.520. The van der Waals surface area contributed by atoms with Gasteiger partial charge in [-0.1, -0.05) is 6.92 Å². The van der Waals surface area contributed by atoms with Crippen molar-refractivity contribution in [2.24, 2.45) is 5.92 Å². The van der Waals surface area contributed by atoms with E-state index in [2.05, 4.69) is 24.1 Å². The number of hydrogen-bond acceptors (Lipinski definition) is 3. The minimum Gasteiger partial charge on any atom is -0.378 e. The van der Waals surface area contributed by atoms with Gasteiger partial charge in [-0.05, 0) is 45.2 Å². The number of hydrogen-bond donors (Lipinski definition) is 1. The zero-order valence-corrected chi connectivity index (χ0v) is 10.7. The number of nitrogens with one attached hydrogen (secondary N) is 1. The van der Waals surface area contributed by atoms with Crippen LogP contribution in [0.15, 0.2) is 0 Å². The Morgan fingerprint density at radius 1 is 1.44 bits per heavy atom. The maximum absolute atomic E-state index is 5.77. The highest BCUT2D eigenvalue weighted by Crippen LogP contribution is 2.24. The number of nitrogens with zero attached hydrogens (tertiary/aromatic N) is 1. The lowest BCUT2D eigenvalue weighted by molar-refractivity contribution is 0.0753. The molecule has 0 bridgehead atoms. The van der Waals surface area contributed by atoms with Gasteiger partial charge in [0.2, 0.25) is 0 Å². The van der Waals surface area contributed by atoms with Crippen molar-refractivity contribution in [2.75, 3.05) is 32.8 Å². The first kappa shape index (κ1) is 12.3. The van der Waals surface area contributed by atoms with E-state index in [-0.39, 0.29) is 0 Å². The lowest BCUT2D eigenvalue weighted by Crippen LogP contribution is -2.39. The monoisotopic (exact) mass is 226 g/mol. The van der Waals surface area contributed by atoms with Gasteiger partial charge in [0.25, 0.3) is 0 Å². The van der Waals surface area contributed by atoms with Crippen molar-refractivity contribution in [1.29, 1.82) is 0 Å². The lowest BCUT2D eigenvalue weighted by Gasteiger charge is -2.27. The van der Waals surface area contributed by atoms with Crippen LogP contribution in [0.25, 0.3) is 0 Å². The highest BCUT2D eigenvalue weighted by atomic mass is 16.5. The zero-order valence-electron chi connectivity index (χ0n) is 10.7. The fourth-order valence-corrected chi connectivity index (χ4v) is 3.04. The average molecular weight is 226 g/mol. The average Bonchev–Trinajstić information content (AvgIpc) is 2.61. The summed E-state index contributed by atoms with van der Waals surface area (Å²) < 4.78 is 5.77. The third kappa shape index (κ3) is 3.19. The Balaban J connectivity index is 1.82. The SMILES string of the molecule is CCC1OCCC1CN1CCCNC(C)C1. The van der Waals surface area contributed by atoms with Gasteiger partial charge in [0.05, 0.1) is 6.10 Å². The molecule has 16 heavy (non-hydrogen) atoms. The third-order valence-electron chi connectivity index (χ3n) is 3.92. The smallest absolute Gasteiger partial charge is 0.0613 e. The molecule has 0 spiro atoms. The van der Waals surface area contributed by atoms with E-state index in [1.54, 1.807) is 0 Å². The van der Waals surface area contributed by atoms with Crippen LogP contribution in [0.5, 0.6) is 0 Å². The standard InChI is InChI=1S/C13H26N2O/c1-3-13-12(5-8-16-13)10-15-7-4-6-14-11(2)9-15/h11-14H,3-10H2,1-2H3. The second-order valence-electron chi connectivity index (χ2n) is 5.33. The Morgan fingerprint density at radius 2 is 2.31 bits per heavy atom. The summed E-state index contributed by atoms with van der Waals surface area (Å²) >= 11 is 0. The molecule has 0 aromatic heterocycles. The first-order valence-electron chi connectivity index (χ1n) is 6.87. The van der Waals surface area contributed by atoms with Gasteiger partial charge in [-0.3, -0.25) is 0 Å². The molecule has 3 heteroatoms. The molecule has 0 amide bonds. The predicted octanol–water partition coefficient (Wildman–Crippen LogP) is 1.49. The molecular weight excluding hydrogens is 200 g/mol. The summed E-state index contributed by atoms with van der Waals surface area (Å²) in [6.45, 7) is 10.4. The molecule has 2 rings (SSSR count). The Morgan fingerprint density at radius 3 is 3.12 bits per heavy atom. The lowest BCUT2D eigenvalue weighted by atomic mass is 9.99. The summed E-state index contributed by atoms with van der Waals surface area (Å²) in [6, 6.07) is 0.643. The van der Waals surface area contributed by atoms with Crippen LogP contribution in [0.2, 0.25) is 0 Å². The first-order valence-corrected chi connectivity index (χ1v) is 6.87. The molecule has 3 unspecified atom stereocenters. The van der Waals surface area contributed by atoms with Crippen LogP contribution in [0.3, 0.4) is 0 Å². The van der Waals surface area contributed by atoms with E-state index >= 15 is 0 Å². The normalized spacial score (nSPS) is 37.5. The van der Waals surface area contributed by atoms with Crippen molar-refractivity contribution in [1.82, 2.24) is 10.2 Å². The van der Waals surface area contributed by atoms with Gasteiger partial charge < -0.3 is 15.0 Å². The van der Waals surface area contributed by atoms with Crippen molar-refractivity contribution < 1.29 is 4.74 Å². The summed E-state index contributed by atoms with van der Waals surface area (Å²) in [5.74, 6) is 0.773. The van der Waals surface area contributed by atoms with E-state index in [9.17, 15) is 0 Å². The van der Waals surface area contributed by atoms with Crippen LogP contribution in [-0.2, 0) is 4.74 Å². The van der Waals surface area contributed by atoms with Gasteiger partial charge in [0.1, 0.15) is 0 Å². The van der Waals surface area contributed by atoms with Gasteiger partial charge >= 0.3 is 0 Å². The van der Waals surface area contributed by atoms with E-state index in [0.717, 1.165) is 12.5 Å². The molecule has 94 valence electrons. The Kier molecular flexibility index (Phi) is 4.62. The minimum absolute atomic E-state index is 0.520. The van der Waals surface area contributed by atoms with Crippen LogP contribution in [0.4, 0.5) is 0 Å². The molecule has 0 aliphatic carbocycles. The van der Waals surface area contributed by atoms with Gasteiger partial charge in [-0.15, -0.1) is 0 Å². The molecule has 2 aliphatic heterocycles. The summed E-state index contributed by atoms with van der Waals surface area (Å²) in [5.41, 5.74) is 0. The van der Waals surface area contributed by atoms with Crippen LogP contribution in [0, 0.1) is 5.92 Å². The fraction of sp³-hybridized carbons (Fsp3) is 1.00. The predicted molar refractivity (Wildman–Crippen MR) is 66.7 cm³/mol. The molecule has 0 radical (unpaired) electrons. The topological polar surface area (TPSA) is 24.5 Å². The molecule has 2 fully saturated rings. The highest BCUT2D eigenvalue weighted by Gasteiger charge is 2.29.